The van der Waals surface area contributed by atoms with Crippen LogP contribution in [0.15, 0.2) is 60.8 Å². The first-order valence-corrected chi connectivity index (χ1v) is 7.51. The van der Waals surface area contributed by atoms with Gasteiger partial charge in [-0.1, -0.05) is 29.8 Å². The quantitative estimate of drug-likeness (QED) is 0.630. The third-order valence-corrected chi connectivity index (χ3v) is 3.43. The number of hydrogen-bond donors (Lipinski definition) is 3. The van der Waals surface area contributed by atoms with Crippen LogP contribution in [-0.4, -0.2) is 15.9 Å². The number of carbonyl (C=O) groups excluding carboxylic acids is 1. The summed E-state index contributed by atoms with van der Waals surface area (Å²) in [7, 11) is 0. The second-order valence-corrected chi connectivity index (χ2v) is 5.33. The van der Waals surface area contributed by atoms with Crippen molar-refractivity contribution in [3.63, 3.8) is 0 Å². The lowest BCUT2D eigenvalue weighted by molar-refractivity contribution is 0.102. The molecule has 2 heterocycles. The van der Waals surface area contributed by atoms with Crippen molar-refractivity contribution in [3.8, 4) is 0 Å². The number of pyridine rings is 2. The number of aromatic nitrogens is 2. The van der Waals surface area contributed by atoms with Crippen molar-refractivity contribution in [2.75, 3.05) is 16.4 Å². The van der Waals surface area contributed by atoms with Crippen molar-refractivity contribution in [1.29, 1.82) is 0 Å². The molecule has 120 valence electrons. The van der Waals surface area contributed by atoms with Crippen LogP contribution in [0.25, 0.3) is 0 Å². The Morgan fingerprint density at radius 3 is 2.50 bits per heavy atom. The number of nitrogens with zero attached hydrogens (tertiary/aromatic N) is 2. The maximum atomic E-state index is 12.2. The number of nitrogens with two attached hydrogens (primary N) is 1. The van der Waals surface area contributed by atoms with Crippen LogP contribution in [0.5, 0.6) is 0 Å². The molecule has 1 aromatic carbocycles. The van der Waals surface area contributed by atoms with Gasteiger partial charge in [0.2, 0.25) is 0 Å². The molecular weight excluding hydrogens is 326 g/mol. The molecule has 3 rings (SSSR count). The van der Waals surface area contributed by atoms with Gasteiger partial charge in [-0.25, -0.2) is 9.97 Å². The van der Waals surface area contributed by atoms with Crippen molar-refractivity contribution >= 4 is 40.5 Å². The highest BCUT2D eigenvalue weighted by atomic mass is 35.5. The largest absolute Gasteiger partial charge is 0.382 e. The highest BCUT2D eigenvalue weighted by Gasteiger charge is 2.10. The fraction of sp³-hybridized carbons (Fsp3) is 0. The molecule has 24 heavy (non-hydrogen) atoms. The fourth-order valence-electron chi connectivity index (χ4n) is 2.02. The van der Waals surface area contributed by atoms with E-state index in [2.05, 4.69) is 20.6 Å². The second kappa shape index (κ2) is 6.97. The Labute approximate surface area is 143 Å². The zero-order chi connectivity index (χ0) is 16.9. The van der Waals surface area contributed by atoms with Crippen LogP contribution in [-0.2, 0) is 0 Å². The van der Waals surface area contributed by atoms with Crippen LogP contribution in [0.3, 0.4) is 0 Å². The molecule has 0 saturated heterocycles. The summed E-state index contributed by atoms with van der Waals surface area (Å²) in [5, 5.41) is 6.16. The first-order valence-electron chi connectivity index (χ1n) is 7.13. The van der Waals surface area contributed by atoms with Crippen LogP contribution in [0.4, 0.5) is 23.0 Å². The number of amides is 1. The van der Waals surface area contributed by atoms with Crippen molar-refractivity contribution in [1.82, 2.24) is 9.97 Å². The highest BCUT2D eigenvalue weighted by Crippen LogP contribution is 2.22. The lowest BCUT2D eigenvalue weighted by Crippen LogP contribution is -2.14. The summed E-state index contributed by atoms with van der Waals surface area (Å²) in [6.45, 7) is 0. The zero-order valence-electron chi connectivity index (χ0n) is 12.5. The maximum Gasteiger partial charge on any atom is 0.257 e. The summed E-state index contributed by atoms with van der Waals surface area (Å²) in [6, 6.07) is 16.2. The van der Waals surface area contributed by atoms with Crippen LogP contribution in [0.2, 0.25) is 5.15 Å². The number of nitrogen functional groups attached to an aromatic ring is 1. The Bertz CT molecular complexity index is 853. The summed E-state index contributed by atoms with van der Waals surface area (Å²) in [5.74, 6) is 0.465. The average Bonchev–Trinajstić information content (AvgIpc) is 2.59. The normalized spacial score (nSPS) is 10.2. The van der Waals surface area contributed by atoms with E-state index in [-0.39, 0.29) is 11.7 Å². The van der Waals surface area contributed by atoms with Crippen LogP contribution < -0.4 is 16.4 Å². The maximum absolute atomic E-state index is 12.2. The molecule has 0 fully saturated rings. The molecule has 4 N–H and O–H groups in total. The molecule has 7 heteroatoms. The topological polar surface area (TPSA) is 92.9 Å². The summed E-state index contributed by atoms with van der Waals surface area (Å²) in [6.07, 6.45) is 1.40. The molecule has 0 radical (unpaired) electrons. The monoisotopic (exact) mass is 339 g/mol. The van der Waals surface area contributed by atoms with Gasteiger partial charge in [-0.05, 0) is 36.4 Å². The number of carbonyl (C=O) groups is 1. The molecule has 2 aromatic heterocycles. The Morgan fingerprint density at radius 2 is 1.83 bits per heavy atom. The molecule has 0 aliphatic heterocycles. The Morgan fingerprint density at radius 1 is 1.04 bits per heavy atom. The van der Waals surface area contributed by atoms with E-state index >= 15 is 0 Å². The number of rotatable bonds is 4. The summed E-state index contributed by atoms with van der Waals surface area (Å²) >= 11 is 5.71. The minimum Gasteiger partial charge on any atom is -0.382 e. The second-order valence-electron chi connectivity index (χ2n) is 4.94. The summed E-state index contributed by atoms with van der Waals surface area (Å²) in [4.78, 5) is 20.3. The summed E-state index contributed by atoms with van der Waals surface area (Å²) < 4.78 is 0. The molecular formula is C17H14ClN5O. The molecule has 0 unspecified atom stereocenters. The minimum absolute atomic E-state index is 0.214. The Balaban J connectivity index is 1.73. The van der Waals surface area contributed by atoms with Gasteiger partial charge in [0.1, 0.15) is 16.8 Å². The molecule has 1 amide bonds. The number of halogens is 1. The molecule has 0 atom stereocenters. The summed E-state index contributed by atoms with van der Waals surface area (Å²) in [5.41, 5.74) is 7.62. The lowest BCUT2D eigenvalue weighted by Gasteiger charge is -2.10. The molecule has 0 bridgehead atoms. The van der Waals surface area contributed by atoms with E-state index in [1.165, 1.54) is 6.20 Å². The number of benzene rings is 1. The van der Waals surface area contributed by atoms with Gasteiger partial charge in [0.05, 0.1) is 11.3 Å². The van der Waals surface area contributed by atoms with E-state index in [4.69, 9.17) is 17.3 Å². The molecule has 0 aliphatic carbocycles. The molecule has 0 saturated carbocycles. The smallest absolute Gasteiger partial charge is 0.257 e. The van der Waals surface area contributed by atoms with Gasteiger partial charge in [-0.3, -0.25) is 4.79 Å². The number of hydrogen-bond acceptors (Lipinski definition) is 5. The Hall–Kier alpha value is -3.12. The first-order chi connectivity index (χ1) is 11.6. The van der Waals surface area contributed by atoms with Gasteiger partial charge in [-0.15, -0.1) is 0 Å². The average molecular weight is 340 g/mol. The first kappa shape index (κ1) is 15.8. The predicted molar refractivity (Wildman–Crippen MR) is 95.6 cm³/mol. The van der Waals surface area contributed by atoms with Gasteiger partial charge in [0.15, 0.2) is 0 Å². The van der Waals surface area contributed by atoms with Gasteiger partial charge < -0.3 is 16.4 Å². The zero-order valence-corrected chi connectivity index (χ0v) is 13.3. The number of nitrogens with one attached hydrogen (secondary N) is 2. The third kappa shape index (κ3) is 3.80. The van der Waals surface area contributed by atoms with Gasteiger partial charge >= 0.3 is 0 Å². The van der Waals surface area contributed by atoms with Crippen molar-refractivity contribution in [2.45, 2.75) is 0 Å². The highest BCUT2D eigenvalue weighted by molar-refractivity contribution is 6.29. The van der Waals surface area contributed by atoms with Crippen LogP contribution in [0.1, 0.15) is 10.4 Å². The van der Waals surface area contributed by atoms with Gasteiger partial charge in [-0.2, -0.15) is 0 Å². The Kier molecular flexibility index (Phi) is 4.58. The predicted octanol–water partition coefficient (Wildman–Crippen LogP) is 3.71. The van der Waals surface area contributed by atoms with Gasteiger partial charge in [0.25, 0.3) is 5.91 Å². The lowest BCUT2D eigenvalue weighted by atomic mass is 10.2. The van der Waals surface area contributed by atoms with Gasteiger partial charge in [0, 0.05) is 11.9 Å². The fourth-order valence-corrected chi connectivity index (χ4v) is 2.14. The number of para-hydroxylation sites is 1. The van der Waals surface area contributed by atoms with E-state index in [0.29, 0.717) is 22.2 Å². The van der Waals surface area contributed by atoms with E-state index in [1.54, 1.807) is 24.3 Å². The van der Waals surface area contributed by atoms with Crippen LogP contribution in [0, 0.1) is 0 Å². The molecule has 0 aliphatic rings. The number of anilines is 4. The van der Waals surface area contributed by atoms with E-state index in [0.717, 1.165) is 5.69 Å². The molecule has 6 nitrogen and oxygen atoms in total. The minimum atomic E-state index is -0.337. The van der Waals surface area contributed by atoms with E-state index in [1.807, 2.05) is 30.3 Å². The van der Waals surface area contributed by atoms with Crippen molar-refractivity contribution in [2.24, 2.45) is 0 Å². The van der Waals surface area contributed by atoms with Crippen molar-refractivity contribution in [3.05, 3.63) is 71.5 Å². The molecule has 0 spiro atoms. The van der Waals surface area contributed by atoms with Crippen LogP contribution >= 0.6 is 11.6 Å². The van der Waals surface area contributed by atoms with E-state index < -0.39 is 0 Å². The standard InChI is InChI=1S/C17H14ClN5O/c18-14-8-6-11(10-20-14)17(24)22-13-7-9-15(23-16(13)19)21-12-4-2-1-3-5-12/h1-10H,(H,22,24)(H3,19,21,23). The SMILES string of the molecule is Nc1nc(Nc2ccccc2)ccc1NC(=O)c1ccc(Cl)nc1. The van der Waals surface area contributed by atoms with E-state index in [9.17, 15) is 4.79 Å². The van der Waals surface area contributed by atoms with Crippen molar-refractivity contribution < 1.29 is 4.79 Å². The third-order valence-electron chi connectivity index (χ3n) is 3.21. The molecule has 3 aromatic rings.